The van der Waals surface area contributed by atoms with Crippen molar-refractivity contribution in [2.75, 3.05) is 0 Å². The first kappa shape index (κ1) is 19.9. The van der Waals surface area contributed by atoms with Crippen LogP contribution in [0, 0.1) is 0 Å². The molecule has 5 nitrogen and oxygen atoms in total. The molecule has 1 saturated heterocycles. The Kier molecular flexibility index (Phi) is 4.65. The predicted octanol–water partition coefficient (Wildman–Crippen LogP) is 4.66. The first-order chi connectivity index (χ1) is 14.8. The molecule has 0 aliphatic carbocycles. The van der Waals surface area contributed by atoms with Gasteiger partial charge in [-0.2, -0.15) is 0 Å². The van der Waals surface area contributed by atoms with Crippen molar-refractivity contribution in [2.45, 2.75) is 38.9 Å². The van der Waals surface area contributed by atoms with Gasteiger partial charge < -0.3 is 9.31 Å². The summed E-state index contributed by atoms with van der Waals surface area (Å²) in [5, 5.41) is 2.23. The zero-order chi connectivity index (χ0) is 21.6. The summed E-state index contributed by atoms with van der Waals surface area (Å²) in [6, 6.07) is 24.3. The van der Waals surface area contributed by atoms with Gasteiger partial charge in [-0.3, -0.25) is 0 Å². The van der Waals surface area contributed by atoms with Gasteiger partial charge in [0.1, 0.15) is 0 Å². The van der Waals surface area contributed by atoms with Gasteiger partial charge in [0, 0.05) is 11.1 Å². The van der Waals surface area contributed by atoms with E-state index in [0.29, 0.717) is 17.4 Å². The van der Waals surface area contributed by atoms with Crippen molar-refractivity contribution >= 4 is 23.6 Å². The zero-order valence-electron chi connectivity index (χ0n) is 18.2. The molecule has 3 aromatic carbocycles. The molecule has 0 spiro atoms. The van der Waals surface area contributed by atoms with Crippen LogP contribution < -0.4 is 5.72 Å². The van der Waals surface area contributed by atoms with Gasteiger partial charge in [-0.05, 0) is 38.5 Å². The third kappa shape index (κ3) is 3.52. The molecule has 1 aliphatic rings. The Morgan fingerprint density at radius 3 is 2.00 bits per heavy atom. The second-order valence-electron chi connectivity index (χ2n) is 8.82. The highest BCUT2D eigenvalue weighted by molar-refractivity contribution is 6.60. The fourth-order valence-electron chi connectivity index (χ4n) is 3.70. The van der Waals surface area contributed by atoms with Crippen LogP contribution in [0.4, 0.5) is 0 Å². The molecule has 6 heteroatoms. The third-order valence-corrected chi connectivity index (χ3v) is 6.18. The molecule has 31 heavy (non-hydrogen) atoms. The Labute approximate surface area is 182 Å². The fourth-order valence-corrected chi connectivity index (χ4v) is 3.70. The number of hydrogen-bond acceptors (Lipinski definition) is 5. The minimum atomic E-state index is -0.663. The summed E-state index contributed by atoms with van der Waals surface area (Å²) in [6.07, 6.45) is 0. The maximum absolute atomic E-state index is 6.24. The molecule has 0 N–H and O–H groups in total. The number of nitrogens with zero attached hydrogens (tertiary/aromatic N) is 3. The van der Waals surface area contributed by atoms with Crippen molar-refractivity contribution in [2.24, 2.45) is 0 Å². The second kappa shape index (κ2) is 7.25. The van der Waals surface area contributed by atoms with E-state index in [1.807, 2.05) is 82.3 Å². The van der Waals surface area contributed by atoms with E-state index in [0.717, 1.165) is 21.9 Å². The van der Waals surface area contributed by atoms with Crippen LogP contribution in [0.1, 0.15) is 27.7 Å². The van der Waals surface area contributed by atoms with Gasteiger partial charge in [-0.25, -0.2) is 15.0 Å². The highest BCUT2D eigenvalue weighted by Gasteiger charge is 2.53. The van der Waals surface area contributed by atoms with Gasteiger partial charge >= 0.3 is 7.12 Å². The summed E-state index contributed by atoms with van der Waals surface area (Å²) in [5.41, 5.74) is 1.41. The quantitative estimate of drug-likeness (QED) is 0.461. The lowest BCUT2D eigenvalue weighted by atomic mass is 9.88. The second-order valence-corrected chi connectivity index (χ2v) is 8.82. The van der Waals surface area contributed by atoms with E-state index in [9.17, 15) is 0 Å². The molecule has 0 saturated carbocycles. The van der Waals surface area contributed by atoms with Crippen molar-refractivity contribution in [1.29, 1.82) is 0 Å². The molecular weight excluding hydrogens is 385 g/mol. The lowest BCUT2D eigenvalue weighted by Crippen LogP contribution is -2.41. The molecule has 154 valence electrons. The number of benzene rings is 3. The largest absolute Gasteiger partial charge is 0.534 e. The van der Waals surface area contributed by atoms with Gasteiger partial charge in [-0.1, -0.05) is 72.8 Å². The fraction of sp³-hybridized carbons (Fsp3) is 0.240. The Morgan fingerprint density at radius 2 is 1.26 bits per heavy atom. The summed E-state index contributed by atoms with van der Waals surface area (Å²) in [6.45, 7) is 8.10. The first-order valence-electron chi connectivity index (χ1n) is 10.5. The highest BCUT2D eigenvalue weighted by atomic mass is 16.7. The molecule has 1 fully saturated rings. The molecule has 4 aromatic rings. The molecule has 0 amide bonds. The zero-order valence-corrected chi connectivity index (χ0v) is 18.2. The molecule has 5 rings (SSSR count). The monoisotopic (exact) mass is 409 g/mol. The molecule has 0 radical (unpaired) electrons. The lowest BCUT2D eigenvalue weighted by molar-refractivity contribution is 0.00578. The van der Waals surface area contributed by atoms with Gasteiger partial charge in [0.15, 0.2) is 17.4 Å². The molecule has 0 bridgehead atoms. The van der Waals surface area contributed by atoms with Gasteiger partial charge in [0.05, 0.1) is 11.2 Å². The molecule has 1 aliphatic heterocycles. The molecular formula is C25H24BN3O2. The average molecular weight is 409 g/mol. The van der Waals surface area contributed by atoms with Gasteiger partial charge in [0.25, 0.3) is 0 Å². The van der Waals surface area contributed by atoms with Crippen LogP contribution >= 0.6 is 0 Å². The van der Waals surface area contributed by atoms with E-state index in [1.165, 1.54) is 0 Å². The lowest BCUT2D eigenvalue weighted by Gasteiger charge is -2.32. The van der Waals surface area contributed by atoms with E-state index in [1.54, 1.807) is 0 Å². The third-order valence-electron chi connectivity index (χ3n) is 6.18. The minimum absolute atomic E-state index is 0.475. The van der Waals surface area contributed by atoms with Crippen LogP contribution in [0.3, 0.4) is 0 Å². The standard InChI is InChI=1S/C25H24BN3O2/c1-24(2)25(3,4)31-26(30-24)23-28-21(18-12-6-5-7-13-18)27-22(29-23)20-16-10-14-17-11-8-9-15-19(17)20/h5-16H,1-4H3. The number of rotatable bonds is 3. The van der Waals surface area contributed by atoms with Crippen LogP contribution in [0.25, 0.3) is 33.5 Å². The van der Waals surface area contributed by atoms with Crippen molar-refractivity contribution in [3.63, 3.8) is 0 Å². The molecule has 2 heterocycles. The molecule has 0 unspecified atom stereocenters. The van der Waals surface area contributed by atoms with Gasteiger partial charge in [0.2, 0.25) is 0 Å². The topological polar surface area (TPSA) is 57.1 Å². The number of fused-ring (bicyclic) bond motifs is 1. The van der Waals surface area contributed by atoms with Crippen molar-refractivity contribution in [3.05, 3.63) is 72.8 Å². The smallest absolute Gasteiger partial charge is 0.397 e. The summed E-state index contributed by atoms with van der Waals surface area (Å²) in [4.78, 5) is 14.4. The average Bonchev–Trinajstić information content (AvgIpc) is 3.00. The van der Waals surface area contributed by atoms with E-state index in [4.69, 9.17) is 24.3 Å². The SMILES string of the molecule is CC1(C)OB(c2nc(-c3ccccc3)nc(-c3cccc4ccccc34)n2)OC1(C)C. The van der Waals surface area contributed by atoms with E-state index in [-0.39, 0.29) is 0 Å². The first-order valence-corrected chi connectivity index (χ1v) is 10.5. The summed E-state index contributed by atoms with van der Waals surface area (Å²) in [5.74, 6) is 1.21. The maximum atomic E-state index is 6.24. The van der Waals surface area contributed by atoms with Crippen LogP contribution in [0.5, 0.6) is 0 Å². The Morgan fingerprint density at radius 1 is 0.645 bits per heavy atom. The minimum Gasteiger partial charge on any atom is -0.397 e. The predicted molar refractivity (Wildman–Crippen MR) is 124 cm³/mol. The Hall–Kier alpha value is -3.09. The molecule has 1 aromatic heterocycles. The van der Waals surface area contributed by atoms with E-state index < -0.39 is 18.3 Å². The van der Waals surface area contributed by atoms with Crippen molar-refractivity contribution < 1.29 is 9.31 Å². The van der Waals surface area contributed by atoms with Crippen LogP contribution in [0.2, 0.25) is 0 Å². The van der Waals surface area contributed by atoms with Gasteiger partial charge in [-0.15, -0.1) is 0 Å². The van der Waals surface area contributed by atoms with Crippen LogP contribution in [0.15, 0.2) is 72.8 Å². The summed E-state index contributed by atoms with van der Waals surface area (Å²) >= 11 is 0. The van der Waals surface area contributed by atoms with Crippen LogP contribution in [-0.4, -0.2) is 33.3 Å². The molecule has 0 atom stereocenters. The van der Waals surface area contributed by atoms with E-state index >= 15 is 0 Å². The summed E-state index contributed by atoms with van der Waals surface area (Å²) in [7, 11) is -0.663. The van der Waals surface area contributed by atoms with Crippen molar-refractivity contribution in [3.8, 4) is 22.8 Å². The summed E-state index contributed by atoms with van der Waals surface area (Å²) < 4.78 is 12.5. The number of aromatic nitrogens is 3. The van der Waals surface area contributed by atoms with Crippen LogP contribution in [-0.2, 0) is 9.31 Å². The highest BCUT2D eigenvalue weighted by Crippen LogP contribution is 2.36. The Bertz CT molecular complexity index is 1240. The number of hydrogen-bond donors (Lipinski definition) is 0. The van der Waals surface area contributed by atoms with E-state index in [2.05, 4.69) is 18.2 Å². The maximum Gasteiger partial charge on any atom is 0.534 e. The normalized spacial score (nSPS) is 17.2. The van der Waals surface area contributed by atoms with Crippen molar-refractivity contribution in [1.82, 2.24) is 15.0 Å². The Balaban J connectivity index is 1.70.